The van der Waals surface area contributed by atoms with Crippen molar-refractivity contribution in [2.75, 3.05) is 11.9 Å². The highest BCUT2D eigenvalue weighted by atomic mass is 16.5. The standard InChI is InChI=1S/C20H22N4O2/c21-13-15-26-18-9-6-16(7-10-18)8-11-20(25)23-19-12-14-22-24(19)17-4-2-1-3-5-17/h6-12,14,17H,1-5,15H2,(H,23,25). The number of nitrogens with zero attached hydrogens (tertiary/aromatic N) is 3. The highest BCUT2D eigenvalue weighted by Crippen LogP contribution is 2.29. The highest BCUT2D eigenvalue weighted by molar-refractivity contribution is 6.01. The second-order valence-corrected chi connectivity index (χ2v) is 6.29. The maximum absolute atomic E-state index is 12.2. The van der Waals surface area contributed by atoms with Gasteiger partial charge in [-0.1, -0.05) is 31.4 Å². The number of amides is 1. The van der Waals surface area contributed by atoms with E-state index in [9.17, 15) is 4.79 Å². The summed E-state index contributed by atoms with van der Waals surface area (Å²) in [6, 6.07) is 11.3. The summed E-state index contributed by atoms with van der Waals surface area (Å²) >= 11 is 0. The monoisotopic (exact) mass is 350 g/mol. The van der Waals surface area contributed by atoms with Crippen molar-refractivity contribution in [3.05, 3.63) is 48.2 Å². The summed E-state index contributed by atoms with van der Waals surface area (Å²) in [5.41, 5.74) is 0.880. The molecule has 1 heterocycles. The summed E-state index contributed by atoms with van der Waals surface area (Å²) in [4.78, 5) is 12.2. The molecule has 134 valence electrons. The summed E-state index contributed by atoms with van der Waals surface area (Å²) in [5.74, 6) is 1.18. The Hall–Kier alpha value is -3.07. The summed E-state index contributed by atoms with van der Waals surface area (Å²) in [6.45, 7) is 0.0201. The Morgan fingerprint density at radius 2 is 2.04 bits per heavy atom. The minimum Gasteiger partial charge on any atom is -0.479 e. The average Bonchev–Trinajstić information content (AvgIpc) is 3.14. The highest BCUT2D eigenvalue weighted by Gasteiger charge is 2.18. The molecule has 0 spiro atoms. The Labute approximate surface area is 153 Å². The predicted octanol–water partition coefficient (Wildman–Crippen LogP) is 3.94. The molecule has 0 radical (unpaired) electrons. The van der Waals surface area contributed by atoms with E-state index >= 15 is 0 Å². The quantitative estimate of drug-likeness (QED) is 0.800. The summed E-state index contributed by atoms with van der Waals surface area (Å²) in [6.07, 6.45) is 10.9. The smallest absolute Gasteiger partial charge is 0.249 e. The van der Waals surface area contributed by atoms with E-state index in [0.29, 0.717) is 11.8 Å². The van der Waals surface area contributed by atoms with Crippen molar-refractivity contribution in [3.8, 4) is 11.8 Å². The van der Waals surface area contributed by atoms with Crippen molar-refractivity contribution in [2.24, 2.45) is 0 Å². The number of hydrogen-bond donors (Lipinski definition) is 1. The predicted molar refractivity (Wildman–Crippen MR) is 99.6 cm³/mol. The molecule has 26 heavy (non-hydrogen) atoms. The molecule has 1 saturated carbocycles. The summed E-state index contributed by atoms with van der Waals surface area (Å²) < 4.78 is 7.14. The molecule has 0 aliphatic heterocycles. The van der Waals surface area contributed by atoms with Gasteiger partial charge in [0.05, 0.1) is 12.2 Å². The zero-order valence-electron chi connectivity index (χ0n) is 14.6. The van der Waals surface area contributed by atoms with E-state index in [0.717, 1.165) is 24.2 Å². The van der Waals surface area contributed by atoms with Gasteiger partial charge in [0.25, 0.3) is 0 Å². The van der Waals surface area contributed by atoms with Crippen LogP contribution in [0.15, 0.2) is 42.6 Å². The van der Waals surface area contributed by atoms with Crippen LogP contribution in [0.1, 0.15) is 43.7 Å². The first-order valence-electron chi connectivity index (χ1n) is 8.88. The number of carbonyl (C=O) groups is 1. The number of benzene rings is 1. The molecule has 0 bridgehead atoms. The Bertz CT molecular complexity index is 796. The van der Waals surface area contributed by atoms with Crippen molar-refractivity contribution in [1.29, 1.82) is 5.26 Å². The van der Waals surface area contributed by atoms with Crippen LogP contribution in [0, 0.1) is 11.3 Å². The van der Waals surface area contributed by atoms with Crippen molar-refractivity contribution in [3.63, 3.8) is 0 Å². The number of rotatable bonds is 6. The van der Waals surface area contributed by atoms with Gasteiger partial charge in [0, 0.05) is 12.1 Å². The van der Waals surface area contributed by atoms with E-state index < -0.39 is 0 Å². The normalized spacial score (nSPS) is 14.9. The summed E-state index contributed by atoms with van der Waals surface area (Å²) in [7, 11) is 0. The molecular weight excluding hydrogens is 328 g/mol. The molecule has 0 saturated heterocycles. The van der Waals surface area contributed by atoms with E-state index in [1.807, 2.05) is 29.0 Å². The van der Waals surface area contributed by atoms with Crippen LogP contribution in [-0.4, -0.2) is 22.3 Å². The molecule has 6 heteroatoms. The molecule has 0 unspecified atom stereocenters. The van der Waals surface area contributed by atoms with Crippen molar-refractivity contribution in [1.82, 2.24) is 9.78 Å². The molecule has 3 rings (SSSR count). The van der Waals surface area contributed by atoms with Crippen molar-refractivity contribution < 1.29 is 9.53 Å². The zero-order valence-corrected chi connectivity index (χ0v) is 14.6. The lowest BCUT2D eigenvalue weighted by molar-refractivity contribution is -0.111. The van der Waals surface area contributed by atoms with Gasteiger partial charge in [0.15, 0.2) is 6.61 Å². The maximum Gasteiger partial charge on any atom is 0.249 e. The van der Waals surface area contributed by atoms with Crippen LogP contribution < -0.4 is 10.1 Å². The van der Waals surface area contributed by atoms with Gasteiger partial charge in [-0.25, -0.2) is 4.68 Å². The van der Waals surface area contributed by atoms with Gasteiger partial charge in [-0.3, -0.25) is 4.79 Å². The molecule has 1 aliphatic carbocycles. The van der Waals surface area contributed by atoms with Gasteiger partial charge in [0.2, 0.25) is 5.91 Å². The van der Waals surface area contributed by atoms with Crippen molar-refractivity contribution >= 4 is 17.8 Å². The van der Waals surface area contributed by atoms with Crippen molar-refractivity contribution in [2.45, 2.75) is 38.1 Å². The number of nitriles is 1. The Balaban J connectivity index is 1.58. The van der Waals surface area contributed by atoms with Gasteiger partial charge >= 0.3 is 0 Å². The number of anilines is 1. The van der Waals surface area contributed by atoms with E-state index in [4.69, 9.17) is 10.00 Å². The molecule has 1 aromatic carbocycles. The van der Waals surface area contributed by atoms with Crippen LogP contribution in [0.4, 0.5) is 5.82 Å². The maximum atomic E-state index is 12.2. The van der Waals surface area contributed by atoms with Crippen LogP contribution >= 0.6 is 0 Å². The Morgan fingerprint density at radius 1 is 1.27 bits per heavy atom. The molecule has 1 N–H and O–H groups in total. The minimum absolute atomic E-state index is 0.0201. The minimum atomic E-state index is -0.188. The fourth-order valence-corrected chi connectivity index (χ4v) is 3.16. The number of nitrogens with one attached hydrogen (secondary N) is 1. The number of aromatic nitrogens is 2. The fraction of sp³-hybridized carbons (Fsp3) is 0.350. The number of ether oxygens (including phenoxy) is 1. The van der Waals surface area contributed by atoms with E-state index in [2.05, 4.69) is 10.4 Å². The third-order valence-electron chi connectivity index (χ3n) is 4.45. The van der Waals surface area contributed by atoms with Gasteiger partial charge in [-0.15, -0.1) is 0 Å². The molecule has 0 atom stereocenters. The van der Waals surface area contributed by atoms with Gasteiger partial charge in [0.1, 0.15) is 17.6 Å². The fourth-order valence-electron chi connectivity index (χ4n) is 3.16. The van der Waals surface area contributed by atoms with E-state index in [1.54, 1.807) is 24.4 Å². The second kappa shape index (κ2) is 8.86. The van der Waals surface area contributed by atoms with Gasteiger partial charge < -0.3 is 10.1 Å². The van der Waals surface area contributed by atoms with Crippen LogP contribution in [0.25, 0.3) is 6.08 Å². The van der Waals surface area contributed by atoms with Crippen LogP contribution in [0.3, 0.4) is 0 Å². The van der Waals surface area contributed by atoms with Crippen LogP contribution in [0.2, 0.25) is 0 Å². The van der Waals surface area contributed by atoms with E-state index in [1.165, 1.54) is 25.3 Å². The zero-order chi connectivity index (χ0) is 18.2. The molecule has 6 nitrogen and oxygen atoms in total. The van der Waals surface area contributed by atoms with Gasteiger partial charge in [-0.2, -0.15) is 10.4 Å². The molecule has 1 amide bonds. The first-order valence-corrected chi connectivity index (χ1v) is 8.88. The molecule has 2 aromatic rings. The van der Waals surface area contributed by atoms with Gasteiger partial charge in [-0.05, 0) is 36.6 Å². The average molecular weight is 350 g/mol. The lowest BCUT2D eigenvalue weighted by Gasteiger charge is -2.23. The second-order valence-electron chi connectivity index (χ2n) is 6.29. The Morgan fingerprint density at radius 3 is 2.77 bits per heavy atom. The van der Waals surface area contributed by atoms with E-state index in [-0.39, 0.29) is 12.5 Å². The SMILES string of the molecule is N#CCOc1ccc(C=CC(=O)Nc2ccnn2C2CCCCC2)cc1. The van der Waals surface area contributed by atoms with Crippen LogP contribution in [0.5, 0.6) is 5.75 Å². The largest absolute Gasteiger partial charge is 0.479 e. The topological polar surface area (TPSA) is 79.9 Å². The van der Waals surface area contributed by atoms with Crippen LogP contribution in [-0.2, 0) is 4.79 Å². The first-order chi connectivity index (χ1) is 12.8. The number of carbonyl (C=O) groups excluding carboxylic acids is 1. The summed E-state index contributed by atoms with van der Waals surface area (Å²) in [5, 5.41) is 15.8. The Kier molecular flexibility index (Phi) is 6.05. The third kappa shape index (κ3) is 4.73. The molecular formula is C20H22N4O2. The number of hydrogen-bond acceptors (Lipinski definition) is 4. The lowest BCUT2D eigenvalue weighted by Crippen LogP contribution is -2.19. The lowest BCUT2D eigenvalue weighted by atomic mass is 9.96. The molecule has 1 aromatic heterocycles. The third-order valence-corrected chi connectivity index (χ3v) is 4.45. The molecule has 1 fully saturated rings. The first kappa shape index (κ1) is 17.7. The molecule has 1 aliphatic rings.